The van der Waals surface area contributed by atoms with Crippen LogP contribution in [0, 0.1) is 0 Å². The highest BCUT2D eigenvalue weighted by Crippen LogP contribution is 2.35. The molecule has 0 spiro atoms. The first-order valence-corrected chi connectivity index (χ1v) is 7.84. The van der Waals surface area contributed by atoms with Crippen molar-refractivity contribution in [1.29, 1.82) is 0 Å². The summed E-state index contributed by atoms with van der Waals surface area (Å²) in [4.78, 5) is 0. The van der Waals surface area contributed by atoms with Gasteiger partial charge in [0.25, 0.3) is 0 Å². The van der Waals surface area contributed by atoms with Gasteiger partial charge in [0.1, 0.15) is 11.9 Å². The minimum atomic E-state index is -0.110. The molecule has 2 aromatic carbocycles. The van der Waals surface area contributed by atoms with E-state index in [1.54, 1.807) is 0 Å². The van der Waals surface area contributed by atoms with Crippen LogP contribution >= 0.6 is 15.9 Å². The molecule has 0 saturated heterocycles. The van der Waals surface area contributed by atoms with Gasteiger partial charge < -0.3 is 14.8 Å². The summed E-state index contributed by atoms with van der Waals surface area (Å²) in [7, 11) is 1.93. The van der Waals surface area contributed by atoms with E-state index < -0.39 is 0 Å². The van der Waals surface area contributed by atoms with Gasteiger partial charge >= 0.3 is 0 Å². The van der Waals surface area contributed by atoms with Crippen molar-refractivity contribution in [3.05, 3.63) is 64.1 Å². The van der Waals surface area contributed by atoms with Crippen LogP contribution in [0.2, 0.25) is 0 Å². The Morgan fingerprint density at radius 1 is 1.19 bits per heavy atom. The molecule has 0 aromatic heterocycles. The standard InChI is InChI=1S/C17H18BrNO2/c1-19-10-16-17(21-15-9-5-4-8-14(15)18)13-7-3-2-6-12(13)11-20-16/h2-9,16-17,19H,10-11H2,1H3/t16-,17-/m0/s1. The third-order valence-corrected chi connectivity index (χ3v) is 4.30. The van der Waals surface area contributed by atoms with Gasteiger partial charge in [0.15, 0.2) is 6.10 Å². The van der Waals surface area contributed by atoms with Gasteiger partial charge in [-0.25, -0.2) is 0 Å². The minimum Gasteiger partial charge on any atom is -0.482 e. The lowest BCUT2D eigenvalue weighted by atomic mass is 9.96. The van der Waals surface area contributed by atoms with Crippen molar-refractivity contribution in [2.75, 3.05) is 13.6 Å². The number of benzene rings is 2. The van der Waals surface area contributed by atoms with Crippen LogP contribution in [0.1, 0.15) is 17.2 Å². The van der Waals surface area contributed by atoms with Gasteiger partial charge in [0.2, 0.25) is 0 Å². The summed E-state index contributed by atoms with van der Waals surface area (Å²) in [6.45, 7) is 1.39. The lowest BCUT2D eigenvalue weighted by molar-refractivity contribution is -0.0499. The van der Waals surface area contributed by atoms with E-state index in [1.165, 1.54) is 11.1 Å². The Balaban J connectivity index is 1.93. The topological polar surface area (TPSA) is 30.5 Å². The van der Waals surface area contributed by atoms with Gasteiger partial charge in [-0.05, 0) is 40.7 Å². The number of likely N-dealkylation sites (N-methyl/N-ethyl adjacent to an activating group) is 1. The van der Waals surface area contributed by atoms with E-state index in [4.69, 9.17) is 9.47 Å². The highest BCUT2D eigenvalue weighted by Gasteiger charge is 2.32. The maximum atomic E-state index is 6.27. The van der Waals surface area contributed by atoms with Crippen LogP contribution in [0.4, 0.5) is 0 Å². The van der Waals surface area contributed by atoms with Crippen molar-refractivity contribution >= 4 is 15.9 Å². The summed E-state index contributed by atoms with van der Waals surface area (Å²) < 4.78 is 13.2. The number of nitrogens with one attached hydrogen (secondary N) is 1. The molecule has 1 aliphatic rings. The van der Waals surface area contributed by atoms with E-state index in [9.17, 15) is 0 Å². The van der Waals surface area contributed by atoms with Crippen LogP contribution in [0.3, 0.4) is 0 Å². The Hall–Kier alpha value is -1.36. The quantitative estimate of drug-likeness (QED) is 0.914. The van der Waals surface area contributed by atoms with Crippen LogP contribution in [0.5, 0.6) is 5.75 Å². The zero-order valence-corrected chi connectivity index (χ0v) is 13.5. The number of halogens is 1. The summed E-state index contributed by atoms with van der Waals surface area (Å²) in [6, 6.07) is 16.2. The van der Waals surface area contributed by atoms with E-state index in [2.05, 4.69) is 39.4 Å². The second-order valence-corrected chi connectivity index (χ2v) is 5.93. The number of hydrogen-bond acceptors (Lipinski definition) is 3. The van der Waals surface area contributed by atoms with Crippen LogP contribution < -0.4 is 10.1 Å². The lowest BCUT2D eigenvalue weighted by Gasteiger charge is -2.34. The van der Waals surface area contributed by atoms with E-state index in [0.717, 1.165) is 16.8 Å². The monoisotopic (exact) mass is 347 g/mol. The maximum absolute atomic E-state index is 6.27. The Kier molecular flexibility index (Phi) is 4.58. The second kappa shape index (κ2) is 6.60. The fourth-order valence-electron chi connectivity index (χ4n) is 2.61. The van der Waals surface area contributed by atoms with Crippen LogP contribution in [0.15, 0.2) is 53.0 Å². The second-order valence-electron chi connectivity index (χ2n) is 5.07. The fraction of sp³-hybridized carbons (Fsp3) is 0.294. The van der Waals surface area contributed by atoms with Gasteiger partial charge in [-0.15, -0.1) is 0 Å². The Morgan fingerprint density at radius 2 is 1.95 bits per heavy atom. The lowest BCUT2D eigenvalue weighted by Crippen LogP contribution is -2.38. The molecule has 1 N–H and O–H groups in total. The molecule has 0 aliphatic carbocycles. The molecule has 0 fully saturated rings. The summed E-state index contributed by atoms with van der Waals surface area (Å²) in [5.74, 6) is 0.837. The van der Waals surface area contributed by atoms with Crippen LogP contribution in [-0.4, -0.2) is 19.7 Å². The van der Waals surface area contributed by atoms with E-state index in [0.29, 0.717) is 6.61 Å². The number of para-hydroxylation sites is 1. The molecule has 4 heteroatoms. The van der Waals surface area contributed by atoms with Crippen molar-refractivity contribution in [3.8, 4) is 5.75 Å². The highest BCUT2D eigenvalue weighted by atomic mass is 79.9. The zero-order valence-electron chi connectivity index (χ0n) is 11.9. The molecule has 0 radical (unpaired) electrons. The summed E-state index contributed by atoms with van der Waals surface area (Å²) in [6.07, 6.45) is -0.113. The zero-order chi connectivity index (χ0) is 14.7. The molecule has 0 saturated carbocycles. The smallest absolute Gasteiger partial charge is 0.151 e. The predicted molar refractivity (Wildman–Crippen MR) is 86.5 cm³/mol. The molecule has 0 bridgehead atoms. The third kappa shape index (κ3) is 3.12. The van der Waals surface area contributed by atoms with Crippen molar-refractivity contribution in [1.82, 2.24) is 5.32 Å². The largest absolute Gasteiger partial charge is 0.482 e. The van der Waals surface area contributed by atoms with Crippen molar-refractivity contribution < 1.29 is 9.47 Å². The normalized spacial score (nSPS) is 20.9. The van der Waals surface area contributed by atoms with Gasteiger partial charge in [-0.3, -0.25) is 0 Å². The molecule has 2 atom stereocenters. The molecule has 3 rings (SSSR count). The third-order valence-electron chi connectivity index (χ3n) is 3.65. The Labute approximate surface area is 133 Å². The first-order chi connectivity index (χ1) is 10.3. The van der Waals surface area contributed by atoms with Crippen LogP contribution in [-0.2, 0) is 11.3 Å². The van der Waals surface area contributed by atoms with Crippen molar-refractivity contribution in [3.63, 3.8) is 0 Å². The highest BCUT2D eigenvalue weighted by molar-refractivity contribution is 9.10. The molecule has 0 amide bonds. The van der Waals surface area contributed by atoms with E-state index in [1.807, 2.05) is 37.4 Å². The summed E-state index contributed by atoms with van der Waals surface area (Å²) >= 11 is 3.54. The first kappa shape index (κ1) is 14.6. The van der Waals surface area contributed by atoms with E-state index in [-0.39, 0.29) is 12.2 Å². The average Bonchev–Trinajstić information content (AvgIpc) is 2.52. The molecule has 2 aromatic rings. The maximum Gasteiger partial charge on any atom is 0.151 e. The average molecular weight is 348 g/mol. The molecule has 110 valence electrons. The molecule has 21 heavy (non-hydrogen) atoms. The van der Waals surface area contributed by atoms with Gasteiger partial charge in [0.05, 0.1) is 11.1 Å². The van der Waals surface area contributed by atoms with Gasteiger partial charge in [-0.2, -0.15) is 0 Å². The number of rotatable bonds is 4. The first-order valence-electron chi connectivity index (χ1n) is 7.05. The van der Waals surface area contributed by atoms with Crippen molar-refractivity contribution in [2.45, 2.75) is 18.8 Å². The molecule has 1 heterocycles. The Bertz CT molecular complexity index is 617. The van der Waals surface area contributed by atoms with Gasteiger partial charge in [0, 0.05) is 12.1 Å². The SMILES string of the molecule is CNC[C@@H]1OCc2ccccc2[C@@H]1Oc1ccccc1Br. The van der Waals surface area contributed by atoms with E-state index >= 15 is 0 Å². The Morgan fingerprint density at radius 3 is 2.76 bits per heavy atom. The van der Waals surface area contributed by atoms with Crippen LogP contribution in [0.25, 0.3) is 0 Å². The number of fused-ring (bicyclic) bond motifs is 1. The number of hydrogen-bond donors (Lipinski definition) is 1. The predicted octanol–water partition coefficient (Wildman–Crippen LogP) is 3.69. The number of ether oxygens (including phenoxy) is 2. The molecule has 0 unspecified atom stereocenters. The summed E-state index contributed by atoms with van der Waals surface area (Å²) in [5, 5.41) is 3.18. The molecular formula is C17H18BrNO2. The summed E-state index contributed by atoms with van der Waals surface area (Å²) in [5.41, 5.74) is 2.40. The molecule has 3 nitrogen and oxygen atoms in total. The fourth-order valence-corrected chi connectivity index (χ4v) is 2.99. The van der Waals surface area contributed by atoms with Crippen molar-refractivity contribution in [2.24, 2.45) is 0 Å². The molecule has 1 aliphatic heterocycles. The molecular weight excluding hydrogens is 330 g/mol. The van der Waals surface area contributed by atoms with Gasteiger partial charge in [-0.1, -0.05) is 36.4 Å². The minimum absolute atomic E-state index is 0.00277.